The Morgan fingerprint density at radius 3 is 2.53 bits per heavy atom. The number of anilines is 2. The van der Waals surface area contributed by atoms with Crippen LogP contribution in [0.5, 0.6) is 0 Å². The van der Waals surface area contributed by atoms with Crippen molar-refractivity contribution in [2.45, 2.75) is 6.92 Å². The molecule has 0 saturated carbocycles. The van der Waals surface area contributed by atoms with E-state index >= 15 is 0 Å². The van der Waals surface area contributed by atoms with E-state index in [9.17, 15) is 4.79 Å². The summed E-state index contributed by atoms with van der Waals surface area (Å²) in [7, 11) is 0. The molecule has 0 saturated heterocycles. The van der Waals surface area contributed by atoms with Crippen LogP contribution < -0.4 is 4.90 Å². The number of hydrogen-bond acceptors (Lipinski definition) is 1. The molecule has 0 bridgehead atoms. The lowest BCUT2D eigenvalue weighted by Gasteiger charge is -2.17. The molecule has 0 aromatic heterocycles. The van der Waals surface area contributed by atoms with E-state index < -0.39 is 0 Å². The van der Waals surface area contributed by atoms with E-state index in [-0.39, 0.29) is 5.91 Å². The molecule has 1 aliphatic rings. The molecule has 1 heterocycles. The first-order valence-corrected chi connectivity index (χ1v) is 6.46. The molecule has 1 amide bonds. The van der Waals surface area contributed by atoms with E-state index in [1.165, 1.54) is 0 Å². The van der Waals surface area contributed by atoms with Crippen molar-refractivity contribution < 1.29 is 4.79 Å². The van der Waals surface area contributed by atoms with Crippen molar-refractivity contribution in [3.63, 3.8) is 0 Å². The van der Waals surface area contributed by atoms with Crippen LogP contribution in [-0.4, -0.2) is 5.91 Å². The maximum atomic E-state index is 12.5. The highest BCUT2D eigenvalue weighted by atomic mass is 35.5. The number of rotatable bonds is 1. The molecule has 0 N–H and O–H groups in total. The number of fused-ring (bicyclic) bond motifs is 1. The molecule has 0 fully saturated rings. The van der Waals surface area contributed by atoms with Gasteiger partial charge in [0.2, 0.25) is 0 Å². The van der Waals surface area contributed by atoms with E-state index in [1.807, 2.05) is 61.5 Å². The van der Waals surface area contributed by atoms with Crippen LogP contribution in [0.2, 0.25) is 5.02 Å². The first kappa shape index (κ1) is 12.0. The highest BCUT2D eigenvalue weighted by molar-refractivity contribution is 6.36. The van der Waals surface area contributed by atoms with Gasteiger partial charge >= 0.3 is 0 Å². The number of hydrogen-bond donors (Lipinski definition) is 0. The summed E-state index contributed by atoms with van der Waals surface area (Å²) in [4.78, 5) is 14.2. The number of amides is 1. The van der Waals surface area contributed by atoms with Gasteiger partial charge in [-0.05, 0) is 31.2 Å². The smallest absolute Gasteiger partial charge is 0.263 e. The monoisotopic (exact) mass is 269 g/mol. The molecule has 2 aromatic rings. The second-order valence-corrected chi connectivity index (χ2v) is 4.78. The fourth-order valence-corrected chi connectivity index (χ4v) is 2.54. The van der Waals surface area contributed by atoms with E-state index in [0.29, 0.717) is 5.02 Å². The Morgan fingerprint density at radius 2 is 1.84 bits per heavy atom. The molecule has 0 aliphatic carbocycles. The molecule has 3 rings (SSSR count). The Bertz CT molecular complexity index is 676. The molecule has 0 spiro atoms. The summed E-state index contributed by atoms with van der Waals surface area (Å²) < 4.78 is 0. The number of carbonyl (C=O) groups excluding carboxylic acids is 1. The number of allylic oxidation sites excluding steroid dienone is 1. The fraction of sp³-hybridized carbons (Fsp3) is 0.0625. The second kappa shape index (κ2) is 4.56. The Morgan fingerprint density at radius 1 is 1.11 bits per heavy atom. The van der Waals surface area contributed by atoms with Crippen molar-refractivity contribution in [1.29, 1.82) is 0 Å². The Balaban J connectivity index is 2.23. The van der Waals surface area contributed by atoms with Crippen molar-refractivity contribution in [2.75, 3.05) is 4.90 Å². The van der Waals surface area contributed by atoms with Gasteiger partial charge in [-0.15, -0.1) is 0 Å². The Kier molecular flexibility index (Phi) is 2.88. The summed E-state index contributed by atoms with van der Waals surface area (Å²) in [5.74, 6) is -0.00836. The molecular weight excluding hydrogens is 258 g/mol. The van der Waals surface area contributed by atoms with Gasteiger partial charge in [0.05, 0.1) is 5.69 Å². The van der Waals surface area contributed by atoms with Crippen LogP contribution >= 0.6 is 11.6 Å². The molecule has 94 valence electrons. The zero-order chi connectivity index (χ0) is 13.4. The lowest BCUT2D eigenvalue weighted by atomic mass is 10.1. The van der Waals surface area contributed by atoms with Crippen molar-refractivity contribution in [1.82, 2.24) is 0 Å². The van der Waals surface area contributed by atoms with Gasteiger partial charge in [-0.3, -0.25) is 9.69 Å². The number of nitrogens with zero attached hydrogens (tertiary/aromatic N) is 1. The average molecular weight is 270 g/mol. The van der Waals surface area contributed by atoms with Gasteiger partial charge < -0.3 is 0 Å². The van der Waals surface area contributed by atoms with Gasteiger partial charge in [-0.25, -0.2) is 0 Å². The predicted molar refractivity (Wildman–Crippen MR) is 78.7 cm³/mol. The summed E-state index contributed by atoms with van der Waals surface area (Å²) >= 11 is 6.06. The predicted octanol–water partition coefficient (Wildman–Crippen LogP) is 4.42. The number of benzene rings is 2. The van der Waals surface area contributed by atoms with Crippen molar-refractivity contribution in [3.8, 4) is 0 Å². The highest BCUT2D eigenvalue weighted by Gasteiger charge is 2.32. The summed E-state index contributed by atoms with van der Waals surface area (Å²) in [6, 6.07) is 15.1. The summed E-state index contributed by atoms with van der Waals surface area (Å²) in [5, 5.41) is 0.629. The summed E-state index contributed by atoms with van der Waals surface area (Å²) in [6.45, 7) is 1.88. The third kappa shape index (κ3) is 1.85. The minimum Gasteiger partial charge on any atom is -0.276 e. The van der Waals surface area contributed by atoms with Crippen LogP contribution in [-0.2, 0) is 4.79 Å². The van der Waals surface area contributed by atoms with Gasteiger partial charge in [0.25, 0.3) is 5.91 Å². The minimum absolute atomic E-state index is 0.00836. The quantitative estimate of drug-likeness (QED) is 0.702. The molecule has 3 heteroatoms. The third-order valence-electron chi connectivity index (χ3n) is 3.23. The first-order chi connectivity index (χ1) is 9.22. The second-order valence-electron chi connectivity index (χ2n) is 4.34. The topological polar surface area (TPSA) is 20.3 Å². The molecule has 0 radical (unpaired) electrons. The lowest BCUT2D eigenvalue weighted by molar-refractivity contribution is -0.112. The van der Waals surface area contributed by atoms with Crippen molar-refractivity contribution >= 4 is 34.5 Å². The van der Waals surface area contributed by atoms with Crippen molar-refractivity contribution in [3.05, 3.63) is 65.2 Å². The zero-order valence-corrected chi connectivity index (χ0v) is 11.2. The lowest BCUT2D eigenvalue weighted by Crippen LogP contribution is -2.20. The molecule has 19 heavy (non-hydrogen) atoms. The van der Waals surface area contributed by atoms with Crippen molar-refractivity contribution in [2.24, 2.45) is 0 Å². The zero-order valence-electron chi connectivity index (χ0n) is 10.4. The maximum absolute atomic E-state index is 12.5. The van der Waals surface area contributed by atoms with Gasteiger partial charge in [0.1, 0.15) is 0 Å². The average Bonchev–Trinajstić information content (AvgIpc) is 2.70. The number of para-hydroxylation sites is 1. The molecule has 2 aromatic carbocycles. The minimum atomic E-state index is -0.00836. The van der Waals surface area contributed by atoms with Gasteiger partial charge in [-0.1, -0.05) is 41.9 Å². The van der Waals surface area contributed by atoms with Gasteiger partial charge in [0.15, 0.2) is 0 Å². The van der Waals surface area contributed by atoms with E-state index in [1.54, 1.807) is 4.90 Å². The standard InChI is InChI=1S/C16H12ClNO/c1-2-13-14-9-8-11(17)10-15(14)18(16(13)19)12-6-4-3-5-7-12/h2-10H,1H3. The number of halogens is 1. The van der Waals surface area contributed by atoms with Crippen LogP contribution in [0.3, 0.4) is 0 Å². The Hall–Kier alpha value is -2.06. The molecule has 0 atom stereocenters. The first-order valence-electron chi connectivity index (χ1n) is 6.08. The molecular formula is C16H12ClNO. The van der Waals surface area contributed by atoms with Gasteiger partial charge in [-0.2, -0.15) is 0 Å². The summed E-state index contributed by atoms with van der Waals surface area (Å²) in [5.41, 5.74) is 3.35. The maximum Gasteiger partial charge on any atom is 0.263 e. The SMILES string of the molecule is CC=C1C(=O)N(c2ccccc2)c2cc(Cl)ccc21. The summed E-state index contributed by atoms with van der Waals surface area (Å²) in [6.07, 6.45) is 1.85. The van der Waals surface area contributed by atoms with Crippen LogP contribution in [0.4, 0.5) is 11.4 Å². The largest absolute Gasteiger partial charge is 0.276 e. The normalized spacial score (nSPS) is 16.0. The van der Waals surface area contributed by atoms with Gasteiger partial charge in [0, 0.05) is 21.8 Å². The molecule has 0 unspecified atom stereocenters. The molecule has 1 aliphatic heterocycles. The Labute approximate surface area is 116 Å². The molecule has 2 nitrogen and oxygen atoms in total. The highest BCUT2D eigenvalue weighted by Crippen LogP contribution is 2.42. The van der Waals surface area contributed by atoms with E-state index in [0.717, 1.165) is 22.5 Å². The third-order valence-corrected chi connectivity index (χ3v) is 3.46. The fourth-order valence-electron chi connectivity index (χ4n) is 2.37. The van der Waals surface area contributed by atoms with Crippen LogP contribution in [0.15, 0.2) is 54.6 Å². The van der Waals surface area contributed by atoms with E-state index in [2.05, 4.69) is 0 Å². The van der Waals surface area contributed by atoms with Crippen LogP contribution in [0.1, 0.15) is 12.5 Å². The van der Waals surface area contributed by atoms with Crippen LogP contribution in [0, 0.1) is 0 Å². The number of carbonyl (C=O) groups is 1. The van der Waals surface area contributed by atoms with Crippen LogP contribution in [0.25, 0.3) is 5.57 Å². The van der Waals surface area contributed by atoms with E-state index in [4.69, 9.17) is 11.6 Å².